The minimum absolute atomic E-state index is 0.134. The van der Waals surface area contributed by atoms with Crippen LogP contribution in [0.1, 0.15) is 16.1 Å². The average Bonchev–Trinajstić information content (AvgIpc) is 2.86. The topological polar surface area (TPSA) is 34.9 Å². The van der Waals surface area contributed by atoms with Gasteiger partial charge in [0, 0.05) is 6.42 Å². The van der Waals surface area contributed by atoms with Crippen molar-refractivity contribution in [3.05, 3.63) is 84.7 Å². The molecular formula is C16H10Cl2F2N2OS. The summed E-state index contributed by atoms with van der Waals surface area (Å²) in [4.78, 5) is 15.9. The van der Waals surface area contributed by atoms with Crippen LogP contribution in [0.3, 0.4) is 0 Å². The number of benzene rings is 2. The van der Waals surface area contributed by atoms with E-state index in [9.17, 15) is 13.6 Å². The summed E-state index contributed by atoms with van der Waals surface area (Å²) in [5, 5.41) is 1.49. The van der Waals surface area contributed by atoms with Gasteiger partial charge in [0.15, 0.2) is 11.6 Å². The smallest absolute Gasteiger partial charge is 0.245 e. The van der Waals surface area contributed by atoms with Crippen LogP contribution in [0.4, 0.5) is 8.78 Å². The predicted octanol–water partition coefficient (Wildman–Crippen LogP) is 4.53. The second kappa shape index (κ2) is 7.01. The molecule has 0 atom stereocenters. The van der Waals surface area contributed by atoms with Crippen LogP contribution in [-0.2, 0) is 13.0 Å². The molecule has 8 heteroatoms. The van der Waals surface area contributed by atoms with Crippen molar-refractivity contribution in [1.29, 1.82) is 0 Å². The Hall–Kier alpha value is -1.76. The van der Waals surface area contributed by atoms with Gasteiger partial charge in [-0.05, 0) is 46.9 Å². The Labute approximate surface area is 150 Å². The maximum absolute atomic E-state index is 13.2. The minimum atomic E-state index is -0.943. The second-order valence-electron chi connectivity index (χ2n) is 5.09. The minimum Gasteiger partial charge on any atom is -0.245 e. The van der Waals surface area contributed by atoms with Crippen LogP contribution >= 0.6 is 34.7 Å². The quantitative estimate of drug-likeness (QED) is 0.660. The molecule has 0 fully saturated rings. The van der Waals surface area contributed by atoms with Crippen LogP contribution in [0, 0.1) is 11.6 Å². The standard InChI is InChI=1S/C16H10Cl2F2N2OS/c17-11-3-1-9(5-12(11)18)7-15-21-16(23)22(24-15)8-10-2-4-13(19)14(20)6-10/h1-6H,7-8H2. The lowest BCUT2D eigenvalue weighted by Gasteiger charge is -2.02. The molecule has 124 valence electrons. The molecule has 0 N–H and O–H groups in total. The van der Waals surface area contributed by atoms with E-state index in [1.54, 1.807) is 18.2 Å². The number of hydrogen-bond acceptors (Lipinski definition) is 3. The first-order valence-electron chi connectivity index (χ1n) is 6.87. The molecule has 0 bridgehead atoms. The lowest BCUT2D eigenvalue weighted by molar-refractivity contribution is 0.506. The van der Waals surface area contributed by atoms with Gasteiger partial charge in [-0.1, -0.05) is 35.3 Å². The molecule has 0 saturated heterocycles. The Morgan fingerprint density at radius 3 is 2.46 bits per heavy atom. The average molecular weight is 387 g/mol. The van der Waals surface area contributed by atoms with E-state index in [0.717, 1.165) is 17.7 Å². The molecule has 3 rings (SSSR count). The highest BCUT2D eigenvalue weighted by atomic mass is 35.5. The summed E-state index contributed by atoms with van der Waals surface area (Å²) in [6.07, 6.45) is 0.432. The maximum atomic E-state index is 13.2. The molecule has 0 aliphatic heterocycles. The molecular weight excluding hydrogens is 377 g/mol. The van der Waals surface area contributed by atoms with E-state index in [2.05, 4.69) is 4.98 Å². The highest BCUT2D eigenvalue weighted by molar-refractivity contribution is 7.06. The first-order valence-corrected chi connectivity index (χ1v) is 8.40. The lowest BCUT2D eigenvalue weighted by Crippen LogP contribution is -2.15. The maximum Gasteiger partial charge on any atom is 0.358 e. The van der Waals surface area contributed by atoms with Crippen molar-refractivity contribution in [2.75, 3.05) is 0 Å². The third-order valence-electron chi connectivity index (χ3n) is 3.30. The van der Waals surface area contributed by atoms with Crippen molar-refractivity contribution in [2.24, 2.45) is 0 Å². The van der Waals surface area contributed by atoms with Gasteiger partial charge in [0.2, 0.25) is 0 Å². The molecule has 0 aliphatic carbocycles. The first kappa shape index (κ1) is 17.1. The molecule has 0 amide bonds. The lowest BCUT2D eigenvalue weighted by atomic mass is 10.2. The number of halogens is 4. The van der Waals surface area contributed by atoms with Gasteiger partial charge in [-0.3, -0.25) is 0 Å². The summed E-state index contributed by atoms with van der Waals surface area (Å²) in [7, 11) is 0. The van der Waals surface area contributed by atoms with Gasteiger partial charge in [-0.15, -0.1) is 0 Å². The van der Waals surface area contributed by atoms with E-state index in [-0.39, 0.29) is 6.54 Å². The van der Waals surface area contributed by atoms with Crippen LogP contribution in [0.15, 0.2) is 41.2 Å². The van der Waals surface area contributed by atoms with Crippen molar-refractivity contribution in [1.82, 2.24) is 8.94 Å². The van der Waals surface area contributed by atoms with E-state index >= 15 is 0 Å². The molecule has 0 saturated carbocycles. The van der Waals surface area contributed by atoms with Crippen molar-refractivity contribution >= 4 is 34.7 Å². The van der Waals surface area contributed by atoms with Crippen LogP contribution in [0.5, 0.6) is 0 Å². The van der Waals surface area contributed by atoms with Crippen molar-refractivity contribution < 1.29 is 8.78 Å². The van der Waals surface area contributed by atoms with E-state index in [1.165, 1.54) is 21.6 Å². The Morgan fingerprint density at radius 1 is 1.00 bits per heavy atom. The number of rotatable bonds is 4. The first-order chi connectivity index (χ1) is 11.4. The Bertz CT molecular complexity index is 955. The van der Waals surface area contributed by atoms with Gasteiger partial charge in [0.1, 0.15) is 5.01 Å². The van der Waals surface area contributed by atoms with Crippen LogP contribution < -0.4 is 5.69 Å². The molecule has 2 aromatic carbocycles. The highest BCUT2D eigenvalue weighted by Gasteiger charge is 2.10. The fraction of sp³-hybridized carbons (Fsp3) is 0.125. The van der Waals surface area contributed by atoms with Gasteiger partial charge in [-0.25, -0.2) is 17.5 Å². The van der Waals surface area contributed by atoms with E-state index < -0.39 is 17.3 Å². The molecule has 3 nitrogen and oxygen atoms in total. The zero-order valence-electron chi connectivity index (χ0n) is 12.1. The summed E-state index contributed by atoms with van der Waals surface area (Å²) in [6.45, 7) is 0.134. The summed E-state index contributed by atoms with van der Waals surface area (Å²) >= 11 is 13.0. The monoisotopic (exact) mass is 386 g/mol. The normalized spacial score (nSPS) is 11.0. The zero-order chi connectivity index (χ0) is 17.3. The molecule has 0 unspecified atom stereocenters. The fourth-order valence-electron chi connectivity index (χ4n) is 2.15. The summed E-state index contributed by atoms with van der Waals surface area (Å²) in [6, 6.07) is 8.74. The molecule has 1 heterocycles. The third-order valence-corrected chi connectivity index (χ3v) is 4.99. The van der Waals surface area contributed by atoms with E-state index in [4.69, 9.17) is 23.2 Å². The summed E-state index contributed by atoms with van der Waals surface area (Å²) in [5.74, 6) is -1.86. The molecule has 0 aliphatic rings. The van der Waals surface area contributed by atoms with Crippen molar-refractivity contribution in [3.8, 4) is 0 Å². The van der Waals surface area contributed by atoms with Gasteiger partial charge < -0.3 is 0 Å². The van der Waals surface area contributed by atoms with Gasteiger partial charge in [0.25, 0.3) is 0 Å². The molecule has 3 aromatic rings. The zero-order valence-corrected chi connectivity index (χ0v) is 14.4. The highest BCUT2D eigenvalue weighted by Crippen LogP contribution is 2.24. The summed E-state index contributed by atoms with van der Waals surface area (Å²) in [5.41, 5.74) is 0.929. The van der Waals surface area contributed by atoms with Crippen molar-refractivity contribution in [3.63, 3.8) is 0 Å². The Kier molecular flexibility index (Phi) is 4.99. The molecule has 1 aromatic heterocycles. The van der Waals surface area contributed by atoms with Crippen LogP contribution in [0.25, 0.3) is 0 Å². The van der Waals surface area contributed by atoms with Gasteiger partial charge in [0.05, 0.1) is 16.6 Å². The van der Waals surface area contributed by atoms with Crippen LogP contribution in [-0.4, -0.2) is 8.94 Å². The molecule has 0 radical (unpaired) electrons. The number of nitrogens with zero attached hydrogens (tertiary/aromatic N) is 2. The van der Waals surface area contributed by atoms with Gasteiger partial charge >= 0.3 is 5.69 Å². The molecule has 24 heavy (non-hydrogen) atoms. The number of aromatic nitrogens is 2. The fourth-order valence-corrected chi connectivity index (χ4v) is 3.41. The van der Waals surface area contributed by atoms with Gasteiger partial charge in [-0.2, -0.15) is 4.98 Å². The SMILES string of the molecule is O=c1nc(Cc2ccc(Cl)c(Cl)c2)sn1Cc1ccc(F)c(F)c1. The van der Waals surface area contributed by atoms with Crippen LogP contribution in [0.2, 0.25) is 10.0 Å². The molecule has 0 spiro atoms. The van der Waals surface area contributed by atoms with Crippen molar-refractivity contribution in [2.45, 2.75) is 13.0 Å². The Morgan fingerprint density at radius 2 is 1.75 bits per heavy atom. The predicted molar refractivity (Wildman–Crippen MR) is 91.1 cm³/mol. The number of hydrogen-bond donors (Lipinski definition) is 0. The third kappa shape index (κ3) is 3.83. The Balaban J connectivity index is 1.80. The summed E-state index contributed by atoms with van der Waals surface area (Å²) < 4.78 is 27.6. The second-order valence-corrected chi connectivity index (χ2v) is 7.00. The van der Waals surface area contributed by atoms with E-state index in [0.29, 0.717) is 27.0 Å². The van der Waals surface area contributed by atoms with E-state index in [1.807, 2.05) is 0 Å². The largest absolute Gasteiger partial charge is 0.358 e.